The van der Waals surface area contributed by atoms with Gasteiger partial charge < -0.3 is 5.11 Å². The van der Waals surface area contributed by atoms with Crippen molar-refractivity contribution < 1.29 is 5.11 Å². The third-order valence-electron chi connectivity index (χ3n) is 12.9. The van der Waals surface area contributed by atoms with Crippen molar-refractivity contribution >= 4 is 0 Å². The van der Waals surface area contributed by atoms with Crippen LogP contribution < -0.4 is 0 Å². The Labute approximate surface area is 192 Å². The first-order chi connectivity index (χ1) is 14.3. The van der Waals surface area contributed by atoms with E-state index in [0.717, 1.165) is 12.3 Å². The Morgan fingerprint density at radius 2 is 1.52 bits per heavy atom. The van der Waals surface area contributed by atoms with Gasteiger partial charge in [0.1, 0.15) is 0 Å². The Balaban J connectivity index is 1.59. The number of fused-ring (bicyclic) bond motifs is 7. The molecule has 0 heterocycles. The molecule has 0 spiro atoms. The van der Waals surface area contributed by atoms with E-state index in [1.807, 2.05) is 0 Å². The van der Waals surface area contributed by atoms with E-state index in [9.17, 15) is 5.11 Å². The Hall–Kier alpha value is -0.300. The predicted molar refractivity (Wildman–Crippen MR) is 131 cm³/mol. The highest BCUT2D eigenvalue weighted by Gasteiger charge is 2.71. The van der Waals surface area contributed by atoms with Gasteiger partial charge in [-0.2, -0.15) is 0 Å². The fourth-order valence-corrected chi connectivity index (χ4v) is 11.5. The van der Waals surface area contributed by atoms with Gasteiger partial charge in [0, 0.05) is 0 Å². The van der Waals surface area contributed by atoms with Crippen LogP contribution in [0.25, 0.3) is 0 Å². The first-order valence-electron chi connectivity index (χ1n) is 13.7. The Bertz CT molecular complexity index is 790. The highest BCUT2D eigenvalue weighted by atomic mass is 16.3. The molecule has 0 unspecified atom stereocenters. The van der Waals surface area contributed by atoms with E-state index in [0.29, 0.717) is 34.0 Å². The molecular weight excluding hydrogens is 376 g/mol. The van der Waals surface area contributed by atoms with Crippen LogP contribution in [0.2, 0.25) is 0 Å². The summed E-state index contributed by atoms with van der Waals surface area (Å²) in [6, 6.07) is 0. The van der Waals surface area contributed by atoms with E-state index >= 15 is 0 Å². The van der Waals surface area contributed by atoms with Gasteiger partial charge in [-0.15, -0.1) is 0 Å². The molecule has 176 valence electrons. The molecule has 0 bridgehead atoms. The molecule has 0 aliphatic heterocycles. The van der Waals surface area contributed by atoms with Gasteiger partial charge in [-0.25, -0.2) is 0 Å². The predicted octanol–water partition coefficient (Wildman–Crippen LogP) is 8.17. The maximum atomic E-state index is 12.0. The zero-order valence-electron chi connectivity index (χ0n) is 21.9. The monoisotopic (exact) mass is 426 g/mol. The topological polar surface area (TPSA) is 20.2 Å². The van der Waals surface area contributed by atoms with Crippen LogP contribution >= 0.6 is 0 Å². The quantitative estimate of drug-likeness (QED) is 0.419. The molecule has 5 aliphatic carbocycles. The van der Waals surface area contributed by atoms with Crippen LogP contribution in [0.5, 0.6) is 0 Å². The minimum absolute atomic E-state index is 0.129. The van der Waals surface area contributed by atoms with E-state index in [1.165, 1.54) is 57.8 Å². The van der Waals surface area contributed by atoms with Crippen molar-refractivity contribution in [3.8, 4) is 0 Å². The van der Waals surface area contributed by atoms with Crippen molar-refractivity contribution in [2.75, 3.05) is 0 Å². The highest BCUT2D eigenvalue weighted by molar-refractivity contribution is 5.35. The summed E-state index contributed by atoms with van der Waals surface area (Å²) in [6.07, 6.45) is 13.0. The lowest BCUT2D eigenvalue weighted by Crippen LogP contribution is -2.68. The van der Waals surface area contributed by atoms with Gasteiger partial charge in [-0.05, 0) is 109 Å². The number of hydrogen-bond donors (Lipinski definition) is 1. The Kier molecular flexibility index (Phi) is 4.82. The lowest BCUT2D eigenvalue weighted by atomic mass is 9.32. The largest absolute Gasteiger partial charge is 0.393 e. The minimum Gasteiger partial charge on any atom is -0.393 e. The molecule has 4 fully saturated rings. The van der Waals surface area contributed by atoms with Crippen molar-refractivity contribution in [3.63, 3.8) is 0 Å². The fourth-order valence-electron chi connectivity index (χ4n) is 11.5. The summed E-state index contributed by atoms with van der Waals surface area (Å²) in [5.41, 5.74) is 5.23. The SMILES string of the molecule is CC(C)C1=C2CC[C@]3(C)[C@H]([C@H](O)C[C@@H]4[C@@]5(C)CCCC(C)(C)[C@@H]5CC[C@]43C)[C@@]2(C)CC1. The van der Waals surface area contributed by atoms with Crippen LogP contribution in [0.1, 0.15) is 120 Å². The number of rotatable bonds is 1. The smallest absolute Gasteiger partial charge is 0.0585 e. The number of allylic oxidation sites excluding steroid dienone is 2. The first-order valence-corrected chi connectivity index (χ1v) is 13.7. The summed E-state index contributed by atoms with van der Waals surface area (Å²) in [5, 5.41) is 12.0. The normalized spacial score (nSPS) is 53.6. The second kappa shape index (κ2) is 6.64. The van der Waals surface area contributed by atoms with Crippen LogP contribution in [0.4, 0.5) is 0 Å². The number of hydrogen-bond acceptors (Lipinski definition) is 1. The third-order valence-corrected chi connectivity index (χ3v) is 12.9. The summed E-state index contributed by atoms with van der Waals surface area (Å²) in [4.78, 5) is 0. The van der Waals surface area contributed by atoms with Crippen LogP contribution in [0.15, 0.2) is 11.1 Å². The van der Waals surface area contributed by atoms with Crippen molar-refractivity contribution in [3.05, 3.63) is 11.1 Å². The van der Waals surface area contributed by atoms with Gasteiger partial charge in [-0.3, -0.25) is 0 Å². The highest BCUT2D eigenvalue weighted by Crippen LogP contribution is 2.77. The molecule has 0 aromatic heterocycles. The standard InChI is InChI=1S/C30H50O/c1-19(2)20-10-15-27(5)21(20)11-16-30(8)25(27)22(31)18-24-28(6)14-9-13-26(3,4)23(28)12-17-29(24,30)7/h19,22-25,31H,9-18H2,1-8H3/t22-,23+,24-,25-,27+,28+,29-,30-/m1/s1. The average Bonchev–Trinajstić information content (AvgIpc) is 3.00. The molecule has 4 saturated carbocycles. The molecule has 31 heavy (non-hydrogen) atoms. The van der Waals surface area contributed by atoms with E-state index in [1.54, 1.807) is 11.1 Å². The molecule has 5 rings (SSSR count). The summed E-state index contributed by atoms with van der Waals surface area (Å²) >= 11 is 0. The van der Waals surface area contributed by atoms with Gasteiger partial charge in [0.15, 0.2) is 0 Å². The van der Waals surface area contributed by atoms with Crippen molar-refractivity contribution in [2.24, 2.45) is 50.7 Å². The maximum Gasteiger partial charge on any atom is 0.0585 e. The fraction of sp³-hybridized carbons (Fsp3) is 0.933. The van der Waals surface area contributed by atoms with Crippen LogP contribution in [0, 0.1) is 50.7 Å². The molecule has 0 aromatic carbocycles. The third kappa shape index (κ3) is 2.65. The summed E-state index contributed by atoms with van der Waals surface area (Å²) in [7, 11) is 0. The van der Waals surface area contributed by atoms with E-state index in [-0.39, 0.29) is 16.9 Å². The van der Waals surface area contributed by atoms with Crippen LogP contribution in [-0.2, 0) is 0 Å². The van der Waals surface area contributed by atoms with Crippen molar-refractivity contribution in [1.29, 1.82) is 0 Å². The lowest BCUT2D eigenvalue weighted by molar-refractivity contribution is -0.255. The Morgan fingerprint density at radius 3 is 2.19 bits per heavy atom. The zero-order chi connectivity index (χ0) is 22.6. The number of aliphatic hydroxyl groups is 1. The lowest BCUT2D eigenvalue weighted by Gasteiger charge is -2.73. The molecule has 0 saturated heterocycles. The molecule has 1 N–H and O–H groups in total. The van der Waals surface area contributed by atoms with Crippen molar-refractivity contribution in [2.45, 2.75) is 126 Å². The van der Waals surface area contributed by atoms with Crippen LogP contribution in [0.3, 0.4) is 0 Å². The zero-order valence-corrected chi connectivity index (χ0v) is 21.9. The van der Waals surface area contributed by atoms with Gasteiger partial charge in [-0.1, -0.05) is 73.0 Å². The number of aliphatic hydroxyl groups excluding tert-OH is 1. The maximum absolute atomic E-state index is 12.0. The molecule has 5 aliphatic rings. The molecule has 0 radical (unpaired) electrons. The van der Waals surface area contributed by atoms with E-state index in [2.05, 4.69) is 55.4 Å². The van der Waals surface area contributed by atoms with E-state index < -0.39 is 0 Å². The molecular formula is C30H50O. The van der Waals surface area contributed by atoms with Gasteiger partial charge >= 0.3 is 0 Å². The Morgan fingerprint density at radius 1 is 0.806 bits per heavy atom. The summed E-state index contributed by atoms with van der Waals surface area (Å²) in [6.45, 7) is 20.4. The second-order valence-corrected chi connectivity index (χ2v) is 14.7. The average molecular weight is 427 g/mol. The summed E-state index contributed by atoms with van der Waals surface area (Å²) in [5.74, 6) is 2.62. The van der Waals surface area contributed by atoms with Gasteiger partial charge in [0.25, 0.3) is 0 Å². The van der Waals surface area contributed by atoms with Gasteiger partial charge in [0.2, 0.25) is 0 Å². The molecule has 8 atom stereocenters. The molecule has 0 amide bonds. The molecule has 1 heteroatoms. The van der Waals surface area contributed by atoms with Crippen LogP contribution in [-0.4, -0.2) is 11.2 Å². The first kappa shape index (κ1) is 22.5. The van der Waals surface area contributed by atoms with Gasteiger partial charge in [0.05, 0.1) is 6.10 Å². The van der Waals surface area contributed by atoms with E-state index in [4.69, 9.17) is 0 Å². The second-order valence-electron chi connectivity index (χ2n) is 14.7. The molecule has 1 nitrogen and oxygen atoms in total. The van der Waals surface area contributed by atoms with Crippen molar-refractivity contribution in [1.82, 2.24) is 0 Å². The molecule has 0 aromatic rings. The minimum atomic E-state index is -0.129. The summed E-state index contributed by atoms with van der Waals surface area (Å²) < 4.78 is 0.